The van der Waals surface area contributed by atoms with Gasteiger partial charge in [0.15, 0.2) is 0 Å². The molecule has 0 saturated heterocycles. The predicted molar refractivity (Wildman–Crippen MR) is 66.6 cm³/mol. The number of amides is 1. The Bertz CT molecular complexity index is 337. The molecular formula is C10H19ClN4O. The first-order valence-electron chi connectivity index (χ1n) is 5.14. The van der Waals surface area contributed by atoms with Crippen LogP contribution in [0.25, 0.3) is 0 Å². The van der Waals surface area contributed by atoms with Crippen LogP contribution in [-0.4, -0.2) is 21.7 Å². The van der Waals surface area contributed by atoms with E-state index in [0.29, 0.717) is 5.82 Å². The highest BCUT2D eigenvalue weighted by atomic mass is 35.5. The molecule has 0 unspecified atom stereocenters. The molecule has 0 radical (unpaired) electrons. The Morgan fingerprint density at radius 1 is 1.62 bits per heavy atom. The number of aryl methyl sites for hydroxylation is 1. The Hall–Kier alpha value is -1.07. The summed E-state index contributed by atoms with van der Waals surface area (Å²) in [6.45, 7) is 6.52. The van der Waals surface area contributed by atoms with E-state index in [-0.39, 0.29) is 24.2 Å². The maximum absolute atomic E-state index is 11.6. The van der Waals surface area contributed by atoms with E-state index < -0.39 is 6.04 Å². The second-order valence-corrected chi connectivity index (χ2v) is 3.79. The third-order valence-electron chi connectivity index (χ3n) is 2.29. The summed E-state index contributed by atoms with van der Waals surface area (Å²) in [6.07, 6.45) is 1.65. The summed E-state index contributed by atoms with van der Waals surface area (Å²) in [4.78, 5) is 11.6. The minimum Gasteiger partial charge on any atom is -0.320 e. The first-order chi connectivity index (χ1) is 7.06. The number of anilines is 1. The first-order valence-corrected chi connectivity index (χ1v) is 5.14. The molecule has 0 aromatic carbocycles. The van der Waals surface area contributed by atoms with Crippen molar-refractivity contribution in [2.24, 2.45) is 11.7 Å². The molecule has 0 spiro atoms. The molecule has 1 atom stereocenters. The van der Waals surface area contributed by atoms with Gasteiger partial charge in [-0.15, -0.1) is 12.4 Å². The number of hydrogen-bond acceptors (Lipinski definition) is 3. The number of nitrogens with one attached hydrogen (secondary N) is 1. The van der Waals surface area contributed by atoms with Gasteiger partial charge in [0.1, 0.15) is 5.82 Å². The molecule has 1 rings (SSSR count). The number of nitrogens with zero attached hydrogens (tertiary/aromatic N) is 2. The Balaban J connectivity index is 0.00000225. The SMILES string of the molecule is CCn1nccc1NC(=O)[C@@H](N)C(C)C.Cl. The minimum atomic E-state index is -0.481. The van der Waals surface area contributed by atoms with Gasteiger partial charge < -0.3 is 11.1 Å². The lowest BCUT2D eigenvalue weighted by Crippen LogP contribution is -2.40. The largest absolute Gasteiger partial charge is 0.320 e. The number of hydrogen-bond donors (Lipinski definition) is 2. The predicted octanol–water partition coefficient (Wildman–Crippen LogP) is 1.25. The molecule has 0 aliphatic heterocycles. The lowest BCUT2D eigenvalue weighted by atomic mass is 10.1. The zero-order valence-corrected chi connectivity index (χ0v) is 10.6. The van der Waals surface area contributed by atoms with Crippen molar-refractivity contribution in [3.63, 3.8) is 0 Å². The van der Waals surface area contributed by atoms with Crippen molar-refractivity contribution in [3.05, 3.63) is 12.3 Å². The molecule has 1 aromatic rings. The number of carbonyl (C=O) groups excluding carboxylic acids is 1. The quantitative estimate of drug-likeness (QED) is 0.840. The maximum atomic E-state index is 11.6. The summed E-state index contributed by atoms with van der Waals surface area (Å²) in [5.41, 5.74) is 5.73. The summed E-state index contributed by atoms with van der Waals surface area (Å²) < 4.78 is 1.71. The Kier molecular flexibility index (Phi) is 6.06. The van der Waals surface area contributed by atoms with Crippen molar-refractivity contribution in [2.45, 2.75) is 33.4 Å². The second-order valence-electron chi connectivity index (χ2n) is 3.79. The molecule has 1 aromatic heterocycles. The molecule has 0 aliphatic carbocycles. The molecule has 1 amide bonds. The maximum Gasteiger partial charge on any atom is 0.242 e. The molecule has 3 N–H and O–H groups in total. The molecule has 92 valence electrons. The van der Waals surface area contributed by atoms with Crippen molar-refractivity contribution in [2.75, 3.05) is 5.32 Å². The summed E-state index contributed by atoms with van der Waals surface area (Å²) in [5.74, 6) is 0.654. The highest BCUT2D eigenvalue weighted by molar-refractivity contribution is 5.94. The van der Waals surface area contributed by atoms with Crippen LogP contribution < -0.4 is 11.1 Å². The second kappa shape index (κ2) is 6.50. The average molecular weight is 247 g/mol. The van der Waals surface area contributed by atoms with E-state index >= 15 is 0 Å². The van der Waals surface area contributed by atoms with Crippen LogP contribution in [0.3, 0.4) is 0 Å². The van der Waals surface area contributed by atoms with E-state index in [1.165, 1.54) is 0 Å². The van der Waals surface area contributed by atoms with Gasteiger partial charge in [-0.2, -0.15) is 5.10 Å². The van der Waals surface area contributed by atoms with E-state index in [4.69, 9.17) is 5.73 Å². The van der Waals surface area contributed by atoms with Gasteiger partial charge in [-0.1, -0.05) is 13.8 Å². The lowest BCUT2D eigenvalue weighted by Gasteiger charge is -2.15. The van der Waals surface area contributed by atoms with Gasteiger partial charge in [0.2, 0.25) is 5.91 Å². The molecule has 6 heteroatoms. The molecule has 0 bridgehead atoms. The number of rotatable bonds is 4. The van der Waals surface area contributed by atoms with E-state index in [2.05, 4.69) is 10.4 Å². The van der Waals surface area contributed by atoms with Gasteiger partial charge in [0, 0.05) is 12.6 Å². The topological polar surface area (TPSA) is 72.9 Å². The lowest BCUT2D eigenvalue weighted by molar-refractivity contribution is -0.118. The van der Waals surface area contributed by atoms with Gasteiger partial charge in [-0.3, -0.25) is 4.79 Å². The number of nitrogens with two attached hydrogens (primary N) is 1. The summed E-state index contributed by atoms with van der Waals surface area (Å²) >= 11 is 0. The van der Waals surface area contributed by atoms with Crippen LogP contribution in [0.5, 0.6) is 0 Å². The smallest absolute Gasteiger partial charge is 0.242 e. The molecule has 1 heterocycles. The molecule has 16 heavy (non-hydrogen) atoms. The highest BCUT2D eigenvalue weighted by Gasteiger charge is 2.18. The van der Waals surface area contributed by atoms with Crippen molar-refractivity contribution >= 4 is 24.1 Å². The molecule has 0 saturated carbocycles. The third-order valence-corrected chi connectivity index (χ3v) is 2.29. The Labute approximate surface area is 102 Å². The first kappa shape index (κ1) is 14.9. The minimum absolute atomic E-state index is 0. The van der Waals surface area contributed by atoms with Gasteiger partial charge in [-0.05, 0) is 12.8 Å². The van der Waals surface area contributed by atoms with Crippen LogP contribution in [0.15, 0.2) is 12.3 Å². The fourth-order valence-corrected chi connectivity index (χ4v) is 1.20. The fraction of sp³-hybridized carbons (Fsp3) is 0.600. The van der Waals surface area contributed by atoms with Crippen molar-refractivity contribution in [1.82, 2.24) is 9.78 Å². The van der Waals surface area contributed by atoms with Gasteiger partial charge in [-0.25, -0.2) is 4.68 Å². The fourth-order valence-electron chi connectivity index (χ4n) is 1.20. The van der Waals surface area contributed by atoms with Crippen molar-refractivity contribution in [3.8, 4) is 0 Å². The van der Waals surface area contributed by atoms with E-state index in [1.54, 1.807) is 16.9 Å². The van der Waals surface area contributed by atoms with E-state index in [0.717, 1.165) is 6.54 Å². The van der Waals surface area contributed by atoms with Gasteiger partial charge in [0.05, 0.1) is 12.2 Å². The average Bonchev–Trinajstić information content (AvgIpc) is 2.63. The van der Waals surface area contributed by atoms with E-state index in [1.807, 2.05) is 20.8 Å². The van der Waals surface area contributed by atoms with Crippen LogP contribution in [0.1, 0.15) is 20.8 Å². The number of halogens is 1. The standard InChI is InChI=1S/C10H18N4O.ClH/c1-4-14-8(5-6-12-14)13-10(15)9(11)7(2)3;/h5-7,9H,4,11H2,1-3H3,(H,13,15);1H/t9-;/m0./s1. The molecule has 5 nitrogen and oxygen atoms in total. The van der Waals surface area contributed by atoms with Crippen LogP contribution in [0, 0.1) is 5.92 Å². The molecule has 0 aliphatic rings. The highest BCUT2D eigenvalue weighted by Crippen LogP contribution is 2.08. The van der Waals surface area contributed by atoms with Crippen LogP contribution >= 0.6 is 12.4 Å². The van der Waals surface area contributed by atoms with Gasteiger partial charge >= 0.3 is 0 Å². The van der Waals surface area contributed by atoms with Crippen LogP contribution in [-0.2, 0) is 11.3 Å². The van der Waals surface area contributed by atoms with Gasteiger partial charge in [0.25, 0.3) is 0 Å². The molecule has 0 fully saturated rings. The van der Waals surface area contributed by atoms with E-state index in [9.17, 15) is 4.79 Å². The Morgan fingerprint density at radius 3 is 2.75 bits per heavy atom. The monoisotopic (exact) mass is 246 g/mol. The summed E-state index contributed by atoms with van der Waals surface area (Å²) in [6, 6.07) is 1.28. The summed E-state index contributed by atoms with van der Waals surface area (Å²) in [5, 5.41) is 6.81. The summed E-state index contributed by atoms with van der Waals surface area (Å²) in [7, 11) is 0. The van der Waals surface area contributed by atoms with Crippen molar-refractivity contribution in [1.29, 1.82) is 0 Å². The number of aromatic nitrogens is 2. The Morgan fingerprint density at radius 2 is 2.25 bits per heavy atom. The normalized spacial score (nSPS) is 12.1. The third kappa shape index (κ3) is 3.50. The molecular weight excluding hydrogens is 228 g/mol. The van der Waals surface area contributed by atoms with Crippen molar-refractivity contribution < 1.29 is 4.79 Å². The van der Waals surface area contributed by atoms with Crippen LogP contribution in [0.4, 0.5) is 5.82 Å². The van der Waals surface area contributed by atoms with Crippen LogP contribution in [0.2, 0.25) is 0 Å². The number of carbonyl (C=O) groups is 1. The zero-order chi connectivity index (χ0) is 11.4. The zero-order valence-electron chi connectivity index (χ0n) is 9.80.